The Morgan fingerprint density at radius 3 is 1.10 bits per heavy atom. The highest BCUT2D eigenvalue weighted by atomic mass is 14.6. The van der Waals surface area contributed by atoms with Gasteiger partial charge in [-0.05, 0) is 86.1 Å². The molecule has 0 spiro atoms. The molecule has 0 amide bonds. The van der Waals surface area contributed by atoms with Gasteiger partial charge in [0.15, 0.2) is 0 Å². The fourth-order valence-corrected chi connectivity index (χ4v) is 2.69. The van der Waals surface area contributed by atoms with Crippen LogP contribution in [0.2, 0.25) is 0 Å². The first-order valence-electron chi connectivity index (χ1n) is 7.22. The number of nitrogens with two attached hydrogens (primary N) is 1. The maximum absolute atomic E-state index is 6.49. The van der Waals surface area contributed by atoms with E-state index in [0.29, 0.717) is 0 Å². The molecule has 2 rings (SSSR count). The Morgan fingerprint density at radius 2 is 0.850 bits per heavy atom. The Bertz CT molecular complexity index is 549. The molecule has 2 aromatic carbocycles. The van der Waals surface area contributed by atoms with Crippen molar-refractivity contribution >= 4 is 0 Å². The Kier molecular flexibility index (Phi) is 4.01. The summed E-state index contributed by atoms with van der Waals surface area (Å²) in [6.45, 7) is 13.0. The number of hydrogen-bond acceptors (Lipinski definition) is 1. The molecule has 0 saturated carbocycles. The first-order chi connectivity index (χ1) is 9.31. The minimum absolute atomic E-state index is 0.0500. The van der Waals surface area contributed by atoms with Crippen LogP contribution in [0.1, 0.15) is 50.5 Å². The van der Waals surface area contributed by atoms with Gasteiger partial charge in [-0.2, -0.15) is 0 Å². The number of benzene rings is 2. The van der Waals surface area contributed by atoms with Gasteiger partial charge in [0.25, 0.3) is 0 Å². The van der Waals surface area contributed by atoms with Crippen molar-refractivity contribution in [3.8, 4) is 0 Å². The molecule has 0 bridgehead atoms. The second kappa shape index (κ2) is 5.41. The highest BCUT2D eigenvalue weighted by molar-refractivity contribution is 5.44. The highest BCUT2D eigenvalue weighted by Gasteiger charge is 2.13. The standard InChI is InChI=1S/C19H25N/c1-11-7-17(8-12(2)15(11)5)19(20)18-9-13(3)16(6)14(4)10-18/h7-10,19H,20H2,1-6H3. The maximum Gasteiger partial charge on any atom is 0.0552 e. The van der Waals surface area contributed by atoms with Crippen molar-refractivity contribution < 1.29 is 0 Å². The summed E-state index contributed by atoms with van der Waals surface area (Å²) in [5.74, 6) is 0. The largest absolute Gasteiger partial charge is 0.320 e. The normalized spacial score (nSPS) is 11.2. The van der Waals surface area contributed by atoms with Crippen molar-refractivity contribution in [2.75, 3.05) is 0 Å². The summed E-state index contributed by atoms with van der Waals surface area (Å²) in [6, 6.07) is 8.83. The Balaban J connectivity index is 2.49. The van der Waals surface area contributed by atoms with Crippen molar-refractivity contribution in [3.63, 3.8) is 0 Å². The zero-order chi connectivity index (χ0) is 15.0. The van der Waals surface area contributed by atoms with E-state index in [2.05, 4.69) is 65.8 Å². The molecule has 2 aromatic rings. The van der Waals surface area contributed by atoms with Crippen LogP contribution in [0.15, 0.2) is 24.3 Å². The number of rotatable bonds is 2. The molecule has 0 radical (unpaired) electrons. The Morgan fingerprint density at radius 1 is 0.600 bits per heavy atom. The predicted molar refractivity (Wildman–Crippen MR) is 87.3 cm³/mol. The van der Waals surface area contributed by atoms with Crippen LogP contribution in [0.25, 0.3) is 0 Å². The van der Waals surface area contributed by atoms with Gasteiger partial charge in [0.2, 0.25) is 0 Å². The second-order valence-electron chi connectivity index (χ2n) is 6.04. The van der Waals surface area contributed by atoms with Gasteiger partial charge in [-0.1, -0.05) is 24.3 Å². The molecule has 20 heavy (non-hydrogen) atoms. The molecule has 106 valence electrons. The first kappa shape index (κ1) is 14.8. The zero-order valence-corrected chi connectivity index (χ0v) is 13.5. The SMILES string of the molecule is Cc1cc(C(N)c2cc(C)c(C)c(C)c2)cc(C)c1C. The van der Waals surface area contributed by atoms with E-state index in [0.717, 1.165) is 0 Å². The van der Waals surface area contributed by atoms with Gasteiger partial charge in [-0.3, -0.25) is 0 Å². The van der Waals surface area contributed by atoms with Gasteiger partial charge >= 0.3 is 0 Å². The van der Waals surface area contributed by atoms with Gasteiger partial charge < -0.3 is 5.73 Å². The lowest BCUT2D eigenvalue weighted by molar-refractivity contribution is 0.861. The minimum atomic E-state index is -0.0500. The summed E-state index contributed by atoms with van der Waals surface area (Å²) in [6.07, 6.45) is 0. The smallest absolute Gasteiger partial charge is 0.0552 e. The van der Waals surface area contributed by atoms with Crippen molar-refractivity contribution in [2.24, 2.45) is 5.73 Å². The molecule has 0 unspecified atom stereocenters. The van der Waals surface area contributed by atoms with Gasteiger partial charge in [0, 0.05) is 0 Å². The lowest BCUT2D eigenvalue weighted by atomic mass is 9.91. The molecule has 0 heterocycles. The lowest BCUT2D eigenvalue weighted by Gasteiger charge is -2.18. The molecule has 0 fully saturated rings. The van der Waals surface area contributed by atoms with Crippen LogP contribution < -0.4 is 5.73 Å². The third-order valence-electron chi connectivity index (χ3n) is 4.62. The fraction of sp³-hybridized carbons (Fsp3) is 0.368. The summed E-state index contributed by atoms with van der Waals surface area (Å²) < 4.78 is 0. The van der Waals surface area contributed by atoms with Crippen LogP contribution in [0.5, 0.6) is 0 Å². The average Bonchev–Trinajstić information content (AvgIpc) is 2.40. The topological polar surface area (TPSA) is 26.0 Å². The van der Waals surface area contributed by atoms with Crippen LogP contribution in [0.4, 0.5) is 0 Å². The average molecular weight is 267 g/mol. The van der Waals surface area contributed by atoms with Crippen molar-refractivity contribution in [1.29, 1.82) is 0 Å². The van der Waals surface area contributed by atoms with E-state index >= 15 is 0 Å². The quantitative estimate of drug-likeness (QED) is 0.846. The van der Waals surface area contributed by atoms with Gasteiger partial charge in [0.1, 0.15) is 0 Å². The summed E-state index contributed by atoms with van der Waals surface area (Å²) in [5.41, 5.74) is 16.9. The summed E-state index contributed by atoms with van der Waals surface area (Å²) >= 11 is 0. The second-order valence-corrected chi connectivity index (χ2v) is 6.04. The van der Waals surface area contributed by atoms with E-state index < -0.39 is 0 Å². The number of hydrogen-bond donors (Lipinski definition) is 1. The molecular formula is C19H25N. The molecule has 0 aliphatic rings. The minimum Gasteiger partial charge on any atom is -0.320 e. The zero-order valence-electron chi connectivity index (χ0n) is 13.5. The fourth-order valence-electron chi connectivity index (χ4n) is 2.69. The molecule has 0 aliphatic carbocycles. The Labute approximate surface area is 122 Å². The maximum atomic E-state index is 6.49. The molecule has 1 nitrogen and oxygen atoms in total. The van der Waals surface area contributed by atoms with Crippen molar-refractivity contribution in [2.45, 2.75) is 47.6 Å². The van der Waals surface area contributed by atoms with Gasteiger partial charge in [-0.25, -0.2) is 0 Å². The van der Waals surface area contributed by atoms with Crippen molar-refractivity contribution in [3.05, 3.63) is 68.8 Å². The van der Waals surface area contributed by atoms with Crippen LogP contribution in [-0.2, 0) is 0 Å². The molecule has 0 aliphatic heterocycles. The number of aryl methyl sites for hydroxylation is 4. The van der Waals surface area contributed by atoms with Crippen LogP contribution >= 0.6 is 0 Å². The van der Waals surface area contributed by atoms with Crippen LogP contribution in [0, 0.1) is 41.5 Å². The van der Waals surface area contributed by atoms with E-state index in [9.17, 15) is 0 Å². The summed E-state index contributed by atoms with van der Waals surface area (Å²) in [5, 5.41) is 0. The molecule has 1 heteroatoms. The van der Waals surface area contributed by atoms with Gasteiger partial charge in [-0.15, -0.1) is 0 Å². The van der Waals surface area contributed by atoms with E-state index in [1.807, 2.05) is 0 Å². The van der Waals surface area contributed by atoms with Crippen LogP contribution in [-0.4, -0.2) is 0 Å². The lowest BCUT2D eigenvalue weighted by Crippen LogP contribution is -2.13. The van der Waals surface area contributed by atoms with E-state index in [1.54, 1.807) is 0 Å². The van der Waals surface area contributed by atoms with E-state index in [1.165, 1.54) is 44.5 Å². The third-order valence-corrected chi connectivity index (χ3v) is 4.62. The first-order valence-corrected chi connectivity index (χ1v) is 7.22. The molecule has 0 atom stereocenters. The monoisotopic (exact) mass is 267 g/mol. The van der Waals surface area contributed by atoms with Crippen molar-refractivity contribution in [1.82, 2.24) is 0 Å². The van der Waals surface area contributed by atoms with E-state index in [-0.39, 0.29) is 6.04 Å². The summed E-state index contributed by atoms with van der Waals surface area (Å²) in [4.78, 5) is 0. The third kappa shape index (κ3) is 2.64. The molecule has 0 aromatic heterocycles. The van der Waals surface area contributed by atoms with Crippen LogP contribution in [0.3, 0.4) is 0 Å². The van der Waals surface area contributed by atoms with Gasteiger partial charge in [0.05, 0.1) is 6.04 Å². The van der Waals surface area contributed by atoms with E-state index in [4.69, 9.17) is 5.73 Å². The summed E-state index contributed by atoms with van der Waals surface area (Å²) in [7, 11) is 0. The predicted octanol–water partition coefficient (Wildman–Crippen LogP) is 4.59. The highest BCUT2D eigenvalue weighted by Crippen LogP contribution is 2.26. The molecule has 0 saturated heterocycles. The molecule has 2 N–H and O–H groups in total. The molecular weight excluding hydrogens is 242 g/mol. The Hall–Kier alpha value is -1.60.